The van der Waals surface area contributed by atoms with E-state index in [2.05, 4.69) is 25.6 Å². The van der Waals surface area contributed by atoms with E-state index in [9.17, 15) is 4.79 Å². The molecular weight excluding hydrogens is 476 g/mol. The third-order valence-electron chi connectivity index (χ3n) is 5.45. The number of carbonyl (C=O) groups is 1. The summed E-state index contributed by atoms with van der Waals surface area (Å²) in [5.41, 5.74) is 3.60. The molecule has 0 spiro atoms. The number of ether oxygens (including phenoxy) is 2. The normalized spacial score (nSPS) is 11.0. The summed E-state index contributed by atoms with van der Waals surface area (Å²) in [7, 11) is 1.51. The Balaban J connectivity index is 1.34. The van der Waals surface area contributed by atoms with Crippen LogP contribution in [-0.4, -0.2) is 46.1 Å². The van der Waals surface area contributed by atoms with Crippen LogP contribution in [0.4, 0.5) is 11.5 Å². The average molecular weight is 507 g/mol. The lowest BCUT2D eigenvalue weighted by molar-refractivity contribution is -0.124. The topological polar surface area (TPSA) is 111 Å². The molecule has 0 radical (unpaired) electrons. The number of nitrogens with zero attached hydrogens (tertiary/aromatic N) is 4. The van der Waals surface area contributed by atoms with Crippen LogP contribution in [-0.2, 0) is 16.0 Å². The number of amides is 1. The molecule has 2 N–H and O–H groups in total. The van der Waals surface area contributed by atoms with Gasteiger partial charge in [0.15, 0.2) is 5.82 Å². The minimum atomic E-state index is -0.0804. The molecule has 0 bridgehead atoms. The van der Waals surface area contributed by atoms with Crippen molar-refractivity contribution in [3.8, 4) is 11.5 Å². The minimum Gasteiger partial charge on any atom is -0.455 e. The van der Waals surface area contributed by atoms with Crippen molar-refractivity contribution in [1.82, 2.24) is 25.3 Å². The van der Waals surface area contributed by atoms with Crippen LogP contribution in [0.15, 0.2) is 42.9 Å². The standard InChI is InChI=1S/C26H30N6O3S/c1-17-13-19(9-11-21(17)35-20-10-8-18(2)28-14-20)31-25-24-26(30-16-29-25)36-23(32-24)7-5-4-6-12-27-22(33)15-34-3/h8-11,13-14,16H,4-7,12,15H2,1-3H3,(H,27,33)(H,29,30,31). The number of pyridine rings is 1. The summed E-state index contributed by atoms with van der Waals surface area (Å²) in [4.78, 5) is 30.2. The number of anilines is 2. The Morgan fingerprint density at radius 1 is 1.06 bits per heavy atom. The maximum atomic E-state index is 11.4. The van der Waals surface area contributed by atoms with Gasteiger partial charge in [-0.3, -0.25) is 9.78 Å². The van der Waals surface area contributed by atoms with Crippen LogP contribution in [0, 0.1) is 13.8 Å². The molecule has 4 rings (SSSR count). The number of benzene rings is 1. The van der Waals surface area contributed by atoms with Gasteiger partial charge in [0.2, 0.25) is 5.91 Å². The number of hydrogen-bond acceptors (Lipinski definition) is 9. The molecule has 36 heavy (non-hydrogen) atoms. The van der Waals surface area contributed by atoms with E-state index in [0.29, 0.717) is 18.1 Å². The van der Waals surface area contributed by atoms with E-state index in [1.807, 2.05) is 44.2 Å². The molecule has 1 aromatic carbocycles. The van der Waals surface area contributed by atoms with Crippen LogP contribution in [0.25, 0.3) is 10.3 Å². The average Bonchev–Trinajstić information content (AvgIpc) is 3.28. The van der Waals surface area contributed by atoms with Gasteiger partial charge in [-0.1, -0.05) is 17.8 Å². The summed E-state index contributed by atoms with van der Waals surface area (Å²) in [6.07, 6.45) is 7.07. The second-order valence-corrected chi connectivity index (χ2v) is 9.48. The number of thiazole rings is 1. The van der Waals surface area contributed by atoms with Crippen molar-refractivity contribution >= 4 is 39.1 Å². The monoisotopic (exact) mass is 506 g/mol. The van der Waals surface area contributed by atoms with E-state index in [-0.39, 0.29) is 12.5 Å². The van der Waals surface area contributed by atoms with Crippen molar-refractivity contribution in [1.29, 1.82) is 0 Å². The van der Waals surface area contributed by atoms with E-state index in [1.165, 1.54) is 7.11 Å². The molecule has 3 aromatic heterocycles. The first-order valence-corrected chi connectivity index (χ1v) is 12.7. The lowest BCUT2D eigenvalue weighted by atomic mass is 10.2. The number of methoxy groups -OCH3 is 1. The maximum Gasteiger partial charge on any atom is 0.245 e. The Hall–Kier alpha value is -3.63. The van der Waals surface area contributed by atoms with Crippen LogP contribution < -0.4 is 15.4 Å². The van der Waals surface area contributed by atoms with Gasteiger partial charge >= 0.3 is 0 Å². The highest BCUT2D eigenvalue weighted by Crippen LogP contribution is 2.31. The SMILES string of the molecule is COCC(=O)NCCCCCc1nc2c(Nc3ccc(Oc4ccc(C)nc4)c(C)c3)ncnc2s1. The van der Waals surface area contributed by atoms with Gasteiger partial charge in [-0.15, -0.1) is 0 Å². The number of rotatable bonds is 12. The number of hydrogen-bond donors (Lipinski definition) is 2. The lowest BCUT2D eigenvalue weighted by Gasteiger charge is -2.11. The predicted molar refractivity (Wildman–Crippen MR) is 141 cm³/mol. The first kappa shape index (κ1) is 25.5. The number of carbonyl (C=O) groups excluding carboxylic acids is 1. The molecule has 0 aliphatic heterocycles. The molecule has 0 atom stereocenters. The van der Waals surface area contributed by atoms with Crippen molar-refractivity contribution in [2.45, 2.75) is 39.5 Å². The van der Waals surface area contributed by atoms with Crippen molar-refractivity contribution in [3.05, 3.63) is 59.1 Å². The molecule has 0 aliphatic carbocycles. The largest absolute Gasteiger partial charge is 0.455 e. The fourth-order valence-electron chi connectivity index (χ4n) is 3.60. The van der Waals surface area contributed by atoms with E-state index in [4.69, 9.17) is 14.5 Å². The summed E-state index contributed by atoms with van der Waals surface area (Å²) in [5.74, 6) is 2.07. The third kappa shape index (κ3) is 6.96. The molecule has 0 fully saturated rings. The summed E-state index contributed by atoms with van der Waals surface area (Å²) in [5, 5.41) is 7.25. The zero-order valence-electron chi connectivity index (χ0n) is 20.7. The first-order chi connectivity index (χ1) is 17.5. The molecule has 0 saturated carbocycles. The Labute approximate surface area is 214 Å². The summed E-state index contributed by atoms with van der Waals surface area (Å²) >= 11 is 1.59. The molecule has 188 valence electrons. The van der Waals surface area contributed by atoms with Gasteiger partial charge in [-0.2, -0.15) is 0 Å². The van der Waals surface area contributed by atoms with Gasteiger partial charge in [-0.25, -0.2) is 15.0 Å². The minimum absolute atomic E-state index is 0.0804. The highest BCUT2D eigenvalue weighted by molar-refractivity contribution is 7.18. The fraction of sp³-hybridized carbons (Fsp3) is 0.346. The van der Waals surface area contributed by atoms with Gasteiger partial charge in [0.05, 0.1) is 11.2 Å². The Kier molecular flexibility index (Phi) is 8.75. The van der Waals surface area contributed by atoms with Gasteiger partial charge in [0, 0.05) is 25.0 Å². The first-order valence-electron chi connectivity index (χ1n) is 11.9. The van der Waals surface area contributed by atoms with Crippen molar-refractivity contribution in [2.24, 2.45) is 0 Å². The zero-order chi connectivity index (χ0) is 25.3. The van der Waals surface area contributed by atoms with Gasteiger partial charge < -0.3 is 20.1 Å². The second-order valence-electron chi connectivity index (χ2n) is 8.42. The van der Waals surface area contributed by atoms with Crippen LogP contribution in [0.1, 0.15) is 35.5 Å². The zero-order valence-corrected chi connectivity index (χ0v) is 21.5. The van der Waals surface area contributed by atoms with Crippen LogP contribution in [0.5, 0.6) is 11.5 Å². The molecular formula is C26H30N6O3S. The van der Waals surface area contributed by atoms with E-state index in [1.54, 1.807) is 23.9 Å². The molecule has 0 unspecified atom stereocenters. The number of aryl methyl sites for hydroxylation is 3. The number of nitrogens with one attached hydrogen (secondary N) is 2. The van der Waals surface area contributed by atoms with Crippen molar-refractivity contribution < 1.29 is 14.3 Å². The summed E-state index contributed by atoms with van der Waals surface area (Å²) in [6.45, 7) is 4.71. The number of aromatic nitrogens is 4. The van der Waals surface area contributed by atoms with Crippen LogP contribution >= 0.6 is 11.3 Å². The molecule has 0 saturated heterocycles. The van der Waals surface area contributed by atoms with Gasteiger partial charge in [0.1, 0.15) is 34.8 Å². The predicted octanol–water partition coefficient (Wildman–Crippen LogP) is 5.11. The molecule has 9 nitrogen and oxygen atoms in total. The third-order valence-corrected chi connectivity index (χ3v) is 6.48. The van der Waals surface area contributed by atoms with Crippen LogP contribution in [0.3, 0.4) is 0 Å². The summed E-state index contributed by atoms with van der Waals surface area (Å²) < 4.78 is 10.8. The highest BCUT2D eigenvalue weighted by atomic mass is 32.1. The quantitative estimate of drug-likeness (QED) is 0.255. The number of unbranched alkanes of at least 4 members (excludes halogenated alkanes) is 2. The van der Waals surface area contributed by atoms with E-state index >= 15 is 0 Å². The lowest BCUT2D eigenvalue weighted by Crippen LogP contribution is -2.27. The molecule has 0 aliphatic rings. The fourth-order valence-corrected chi connectivity index (χ4v) is 4.55. The van der Waals surface area contributed by atoms with Gasteiger partial charge in [0.25, 0.3) is 0 Å². The maximum absolute atomic E-state index is 11.4. The Morgan fingerprint density at radius 2 is 1.94 bits per heavy atom. The Bertz CT molecular complexity index is 1310. The van der Waals surface area contributed by atoms with E-state index in [0.717, 1.165) is 63.7 Å². The van der Waals surface area contributed by atoms with Crippen LogP contribution in [0.2, 0.25) is 0 Å². The van der Waals surface area contributed by atoms with Crippen molar-refractivity contribution in [2.75, 3.05) is 25.6 Å². The molecule has 3 heterocycles. The number of fused-ring (bicyclic) bond motifs is 1. The summed E-state index contributed by atoms with van der Waals surface area (Å²) in [6, 6.07) is 9.74. The highest BCUT2D eigenvalue weighted by Gasteiger charge is 2.12. The molecule has 4 aromatic rings. The molecule has 1 amide bonds. The van der Waals surface area contributed by atoms with E-state index < -0.39 is 0 Å². The van der Waals surface area contributed by atoms with Gasteiger partial charge in [-0.05, 0) is 69.0 Å². The smallest absolute Gasteiger partial charge is 0.245 e. The van der Waals surface area contributed by atoms with Crippen molar-refractivity contribution in [3.63, 3.8) is 0 Å². The molecule has 10 heteroatoms. The second kappa shape index (κ2) is 12.4. The Morgan fingerprint density at radius 3 is 2.72 bits per heavy atom.